The maximum Gasteiger partial charge on any atom is 0.222 e. The van der Waals surface area contributed by atoms with Crippen LogP contribution in [0.1, 0.15) is 31.4 Å². The molecule has 2 aliphatic rings. The first-order chi connectivity index (χ1) is 12.2. The molecule has 134 valence electrons. The van der Waals surface area contributed by atoms with Crippen molar-refractivity contribution in [2.24, 2.45) is 7.05 Å². The van der Waals surface area contributed by atoms with E-state index in [1.165, 1.54) is 5.69 Å². The van der Waals surface area contributed by atoms with Crippen LogP contribution in [-0.2, 0) is 18.3 Å². The van der Waals surface area contributed by atoms with Crippen LogP contribution in [0.3, 0.4) is 0 Å². The second kappa shape index (κ2) is 7.09. The second-order valence-electron chi connectivity index (χ2n) is 7.16. The van der Waals surface area contributed by atoms with Gasteiger partial charge in [-0.2, -0.15) is 5.10 Å². The van der Waals surface area contributed by atoms with Crippen LogP contribution in [0.4, 0.5) is 5.95 Å². The van der Waals surface area contributed by atoms with E-state index in [4.69, 9.17) is 4.74 Å². The molecule has 0 aromatic carbocycles. The van der Waals surface area contributed by atoms with E-state index in [1.807, 2.05) is 24.0 Å². The molecule has 4 rings (SSSR count). The van der Waals surface area contributed by atoms with Gasteiger partial charge in [-0.1, -0.05) is 0 Å². The SMILES string of the molecule is Cn1nccc1CN1CCC2(CC1)CC(Nc1ncccn1)CCO2. The molecule has 1 atom stereocenters. The van der Waals surface area contributed by atoms with E-state index in [0.717, 1.165) is 57.9 Å². The summed E-state index contributed by atoms with van der Waals surface area (Å²) in [6.45, 7) is 3.91. The highest BCUT2D eigenvalue weighted by atomic mass is 16.5. The molecule has 0 saturated carbocycles. The first-order valence-corrected chi connectivity index (χ1v) is 9.09. The minimum Gasteiger partial charge on any atom is -0.375 e. The van der Waals surface area contributed by atoms with Gasteiger partial charge in [-0.15, -0.1) is 0 Å². The monoisotopic (exact) mass is 342 g/mol. The molecule has 4 heterocycles. The average Bonchev–Trinajstić information content (AvgIpc) is 3.03. The first kappa shape index (κ1) is 16.5. The van der Waals surface area contributed by atoms with E-state index >= 15 is 0 Å². The Balaban J connectivity index is 1.33. The standard InChI is InChI=1S/C18H26N6O/c1-23-16(3-9-21-23)14-24-10-5-18(6-11-24)13-15(4-12-25-18)22-17-19-7-2-8-20-17/h2-3,7-9,15H,4-6,10-14H2,1H3,(H,19,20,22). The Bertz CT molecular complexity index is 680. The topological polar surface area (TPSA) is 68.1 Å². The van der Waals surface area contributed by atoms with Crippen molar-refractivity contribution in [3.05, 3.63) is 36.4 Å². The quantitative estimate of drug-likeness (QED) is 0.914. The number of hydrogen-bond acceptors (Lipinski definition) is 6. The molecule has 2 fully saturated rings. The maximum atomic E-state index is 6.26. The van der Waals surface area contributed by atoms with E-state index in [0.29, 0.717) is 6.04 Å². The van der Waals surface area contributed by atoms with E-state index in [-0.39, 0.29) is 5.60 Å². The predicted molar refractivity (Wildman–Crippen MR) is 95.1 cm³/mol. The van der Waals surface area contributed by atoms with Crippen molar-refractivity contribution in [2.45, 2.75) is 43.9 Å². The van der Waals surface area contributed by atoms with Crippen LogP contribution in [0.2, 0.25) is 0 Å². The van der Waals surface area contributed by atoms with Crippen LogP contribution in [0.5, 0.6) is 0 Å². The molecule has 0 amide bonds. The number of hydrogen-bond donors (Lipinski definition) is 1. The number of ether oxygens (including phenoxy) is 1. The summed E-state index contributed by atoms with van der Waals surface area (Å²) in [6.07, 6.45) is 9.64. The molecule has 7 heteroatoms. The minimum atomic E-state index is 0.00759. The molecule has 2 saturated heterocycles. The Kier molecular flexibility index (Phi) is 4.67. The molecule has 1 N–H and O–H groups in total. The summed E-state index contributed by atoms with van der Waals surface area (Å²) in [7, 11) is 2.01. The van der Waals surface area contributed by atoms with Gasteiger partial charge in [0.1, 0.15) is 0 Å². The molecule has 1 unspecified atom stereocenters. The number of piperidine rings is 1. The summed E-state index contributed by atoms with van der Waals surface area (Å²) < 4.78 is 8.22. The highest BCUT2D eigenvalue weighted by Crippen LogP contribution is 2.36. The van der Waals surface area contributed by atoms with Crippen molar-refractivity contribution < 1.29 is 4.74 Å². The number of nitrogens with zero attached hydrogens (tertiary/aromatic N) is 5. The summed E-state index contributed by atoms with van der Waals surface area (Å²) in [6, 6.07) is 4.33. The second-order valence-corrected chi connectivity index (χ2v) is 7.16. The van der Waals surface area contributed by atoms with Gasteiger partial charge in [0, 0.05) is 57.9 Å². The number of aryl methyl sites for hydroxylation is 1. The van der Waals surface area contributed by atoms with Crippen LogP contribution in [0, 0.1) is 0 Å². The van der Waals surface area contributed by atoms with Gasteiger partial charge in [-0.05, 0) is 37.8 Å². The maximum absolute atomic E-state index is 6.26. The number of aromatic nitrogens is 4. The summed E-state index contributed by atoms with van der Waals surface area (Å²) in [5.41, 5.74) is 1.27. The zero-order valence-electron chi connectivity index (χ0n) is 14.8. The lowest BCUT2D eigenvalue weighted by Crippen LogP contribution is -2.51. The van der Waals surface area contributed by atoms with Gasteiger partial charge in [0.25, 0.3) is 0 Å². The lowest BCUT2D eigenvalue weighted by molar-refractivity contribution is -0.115. The molecule has 2 aromatic rings. The zero-order chi connectivity index (χ0) is 17.1. The zero-order valence-corrected chi connectivity index (χ0v) is 14.8. The highest BCUT2D eigenvalue weighted by molar-refractivity contribution is 5.25. The van der Waals surface area contributed by atoms with Crippen molar-refractivity contribution in [3.8, 4) is 0 Å². The van der Waals surface area contributed by atoms with Crippen LogP contribution in [-0.4, -0.2) is 56.0 Å². The third-order valence-electron chi connectivity index (χ3n) is 5.47. The van der Waals surface area contributed by atoms with Crippen LogP contribution in [0.15, 0.2) is 30.7 Å². The molecule has 0 radical (unpaired) electrons. The van der Waals surface area contributed by atoms with Gasteiger partial charge in [-0.3, -0.25) is 9.58 Å². The largest absolute Gasteiger partial charge is 0.375 e. The lowest BCUT2D eigenvalue weighted by atomic mass is 9.82. The fourth-order valence-corrected chi connectivity index (χ4v) is 3.96. The average molecular weight is 342 g/mol. The van der Waals surface area contributed by atoms with E-state index in [9.17, 15) is 0 Å². The van der Waals surface area contributed by atoms with Gasteiger partial charge < -0.3 is 10.1 Å². The Morgan fingerprint density at radius 1 is 1.24 bits per heavy atom. The highest BCUT2D eigenvalue weighted by Gasteiger charge is 2.40. The summed E-state index contributed by atoms with van der Waals surface area (Å²) in [5, 5.41) is 7.74. The van der Waals surface area contributed by atoms with Gasteiger partial charge >= 0.3 is 0 Å². The predicted octanol–water partition coefficient (Wildman–Crippen LogP) is 1.84. The van der Waals surface area contributed by atoms with Crippen LogP contribution < -0.4 is 5.32 Å². The van der Waals surface area contributed by atoms with Crippen LogP contribution in [0.25, 0.3) is 0 Å². The fourth-order valence-electron chi connectivity index (χ4n) is 3.96. The van der Waals surface area contributed by atoms with Crippen molar-refractivity contribution >= 4 is 5.95 Å². The van der Waals surface area contributed by atoms with Crippen molar-refractivity contribution in [1.82, 2.24) is 24.6 Å². The van der Waals surface area contributed by atoms with Gasteiger partial charge in [0.15, 0.2) is 0 Å². The van der Waals surface area contributed by atoms with Gasteiger partial charge in [0.2, 0.25) is 5.95 Å². The van der Waals surface area contributed by atoms with Crippen LogP contribution >= 0.6 is 0 Å². The molecular weight excluding hydrogens is 316 g/mol. The molecular formula is C18H26N6O. The summed E-state index contributed by atoms with van der Waals surface area (Å²) in [4.78, 5) is 11.1. The van der Waals surface area contributed by atoms with Crippen molar-refractivity contribution in [3.63, 3.8) is 0 Å². The van der Waals surface area contributed by atoms with Gasteiger partial charge in [-0.25, -0.2) is 9.97 Å². The lowest BCUT2D eigenvalue weighted by Gasteiger charge is -2.46. The third-order valence-corrected chi connectivity index (χ3v) is 5.47. The smallest absolute Gasteiger partial charge is 0.222 e. The number of rotatable bonds is 4. The van der Waals surface area contributed by atoms with Crippen molar-refractivity contribution in [2.75, 3.05) is 25.0 Å². The van der Waals surface area contributed by atoms with E-state index < -0.39 is 0 Å². The number of nitrogens with one attached hydrogen (secondary N) is 1. The third kappa shape index (κ3) is 3.82. The van der Waals surface area contributed by atoms with E-state index in [1.54, 1.807) is 12.4 Å². The van der Waals surface area contributed by atoms with Gasteiger partial charge in [0.05, 0.1) is 11.3 Å². The molecule has 2 aliphatic heterocycles. The van der Waals surface area contributed by atoms with Crippen molar-refractivity contribution in [1.29, 1.82) is 0 Å². The Labute approximate surface area is 148 Å². The number of anilines is 1. The molecule has 1 spiro atoms. The summed E-state index contributed by atoms with van der Waals surface area (Å²) >= 11 is 0. The summed E-state index contributed by atoms with van der Waals surface area (Å²) in [5.74, 6) is 0.721. The normalized spacial score (nSPS) is 23.6. The molecule has 2 aromatic heterocycles. The minimum absolute atomic E-state index is 0.00759. The Morgan fingerprint density at radius 2 is 2.04 bits per heavy atom. The molecule has 0 aliphatic carbocycles. The molecule has 25 heavy (non-hydrogen) atoms. The van der Waals surface area contributed by atoms with E-state index in [2.05, 4.69) is 31.3 Å². The number of likely N-dealkylation sites (tertiary alicyclic amines) is 1. The first-order valence-electron chi connectivity index (χ1n) is 9.09. The molecule has 0 bridgehead atoms. The fraction of sp³-hybridized carbons (Fsp3) is 0.611. The Hall–Kier alpha value is -1.99. The molecule has 7 nitrogen and oxygen atoms in total. The Morgan fingerprint density at radius 3 is 2.76 bits per heavy atom.